The number of carbonyl (C=O) groups is 1. The summed E-state index contributed by atoms with van der Waals surface area (Å²) >= 11 is 1.49. The molecule has 1 heterocycles. The van der Waals surface area contributed by atoms with Crippen LogP contribution in [0.15, 0.2) is 47.4 Å². The number of nitrogens with one attached hydrogen (secondary N) is 2. The highest BCUT2D eigenvalue weighted by atomic mass is 32.2. The zero-order chi connectivity index (χ0) is 17.3. The van der Waals surface area contributed by atoms with E-state index in [0.29, 0.717) is 11.4 Å². The van der Waals surface area contributed by atoms with E-state index in [4.69, 9.17) is 0 Å². The van der Waals surface area contributed by atoms with E-state index in [-0.39, 0.29) is 16.2 Å². The third kappa shape index (κ3) is 3.73. The predicted molar refractivity (Wildman–Crippen MR) is 96.5 cm³/mol. The van der Waals surface area contributed by atoms with Crippen LogP contribution in [0.1, 0.15) is 22.1 Å². The van der Waals surface area contributed by atoms with Crippen LogP contribution in [0.25, 0.3) is 0 Å². The minimum atomic E-state index is -3.65. The number of carbonyl (C=O) groups excluding carboxylic acids is 1. The summed E-state index contributed by atoms with van der Waals surface area (Å²) in [6, 6.07) is 12.3. The Labute approximate surface area is 145 Å². The molecule has 1 aliphatic rings. The fraction of sp³-hybridized carbons (Fsp3) is 0.235. The molecule has 1 unspecified atom stereocenters. The van der Waals surface area contributed by atoms with Gasteiger partial charge in [-0.15, -0.1) is 11.8 Å². The van der Waals surface area contributed by atoms with Crippen molar-refractivity contribution < 1.29 is 13.2 Å². The summed E-state index contributed by atoms with van der Waals surface area (Å²) in [4.78, 5) is 11.6. The molecule has 1 saturated heterocycles. The third-order valence-electron chi connectivity index (χ3n) is 3.62. The van der Waals surface area contributed by atoms with Crippen molar-refractivity contribution in [2.75, 3.05) is 10.5 Å². The number of hydrogen-bond donors (Lipinski definition) is 2. The number of hydrogen-bond acceptors (Lipinski definition) is 4. The lowest BCUT2D eigenvalue weighted by atomic mass is 10.2. The van der Waals surface area contributed by atoms with Crippen molar-refractivity contribution >= 4 is 33.4 Å². The van der Waals surface area contributed by atoms with Gasteiger partial charge < -0.3 is 5.32 Å². The van der Waals surface area contributed by atoms with Crippen molar-refractivity contribution in [2.24, 2.45) is 0 Å². The Morgan fingerprint density at radius 1 is 1.12 bits per heavy atom. The highest BCUT2D eigenvalue weighted by Gasteiger charge is 2.23. The molecule has 1 amide bonds. The zero-order valence-electron chi connectivity index (χ0n) is 13.4. The average Bonchev–Trinajstić information content (AvgIpc) is 2.93. The van der Waals surface area contributed by atoms with Gasteiger partial charge in [0.15, 0.2) is 0 Å². The number of rotatable bonds is 4. The van der Waals surface area contributed by atoms with Crippen LogP contribution < -0.4 is 10.0 Å². The molecule has 1 fully saturated rings. The molecule has 0 spiro atoms. The van der Waals surface area contributed by atoms with Gasteiger partial charge in [-0.2, -0.15) is 0 Å². The second kappa shape index (κ2) is 6.49. The molecule has 1 atom stereocenters. The molecule has 0 aromatic heterocycles. The second-order valence-electron chi connectivity index (χ2n) is 5.81. The first-order valence-electron chi connectivity index (χ1n) is 7.45. The Balaban J connectivity index is 1.86. The molecule has 3 rings (SSSR count). The Bertz CT molecular complexity index is 874. The summed E-state index contributed by atoms with van der Waals surface area (Å²) in [5, 5.41) is 2.72. The van der Waals surface area contributed by atoms with Crippen molar-refractivity contribution in [2.45, 2.75) is 24.1 Å². The largest absolute Gasteiger partial charge is 0.339 e. The topological polar surface area (TPSA) is 75.3 Å². The van der Waals surface area contributed by atoms with Crippen molar-refractivity contribution in [3.8, 4) is 0 Å². The van der Waals surface area contributed by atoms with Gasteiger partial charge in [0.25, 0.3) is 10.0 Å². The highest BCUT2D eigenvalue weighted by Crippen LogP contribution is 2.32. The lowest BCUT2D eigenvalue weighted by Gasteiger charge is -2.13. The van der Waals surface area contributed by atoms with Crippen LogP contribution in [0.5, 0.6) is 0 Å². The number of sulfonamides is 1. The normalized spacial score (nSPS) is 17.6. The summed E-state index contributed by atoms with van der Waals surface area (Å²) in [7, 11) is -3.65. The average molecular weight is 362 g/mol. The summed E-state index contributed by atoms with van der Waals surface area (Å²) in [5.41, 5.74) is 3.14. The van der Waals surface area contributed by atoms with E-state index < -0.39 is 10.0 Å². The van der Waals surface area contributed by atoms with Gasteiger partial charge >= 0.3 is 0 Å². The Hall–Kier alpha value is -1.99. The van der Waals surface area contributed by atoms with Crippen LogP contribution in [0, 0.1) is 13.8 Å². The fourth-order valence-corrected chi connectivity index (χ4v) is 4.83. The molecule has 24 heavy (non-hydrogen) atoms. The minimum absolute atomic E-state index is 0.00813. The van der Waals surface area contributed by atoms with E-state index in [0.717, 1.165) is 16.7 Å². The van der Waals surface area contributed by atoms with Crippen molar-refractivity contribution in [1.82, 2.24) is 5.32 Å². The molecule has 1 aliphatic heterocycles. The zero-order valence-corrected chi connectivity index (χ0v) is 15.0. The molecular weight excluding hydrogens is 344 g/mol. The van der Waals surface area contributed by atoms with Crippen molar-refractivity contribution in [3.63, 3.8) is 0 Å². The smallest absolute Gasteiger partial charge is 0.261 e. The van der Waals surface area contributed by atoms with Gasteiger partial charge in [-0.05, 0) is 54.8 Å². The molecule has 0 aliphatic carbocycles. The van der Waals surface area contributed by atoms with Gasteiger partial charge in [0, 0.05) is 5.69 Å². The van der Waals surface area contributed by atoms with Crippen molar-refractivity contribution in [3.05, 3.63) is 59.2 Å². The number of amides is 1. The lowest BCUT2D eigenvalue weighted by molar-refractivity contribution is -0.118. The molecular formula is C17H18N2O3S2. The van der Waals surface area contributed by atoms with E-state index in [1.807, 2.05) is 26.0 Å². The summed E-state index contributed by atoms with van der Waals surface area (Å²) < 4.78 is 27.8. The van der Waals surface area contributed by atoms with Crippen molar-refractivity contribution in [1.29, 1.82) is 0 Å². The third-order valence-corrected chi connectivity index (χ3v) is 6.13. The molecule has 2 aromatic carbocycles. The molecule has 2 N–H and O–H groups in total. The number of anilines is 1. The molecule has 7 heteroatoms. The number of benzene rings is 2. The van der Waals surface area contributed by atoms with E-state index in [2.05, 4.69) is 10.0 Å². The van der Waals surface area contributed by atoms with Gasteiger partial charge in [0.1, 0.15) is 5.37 Å². The molecule has 0 saturated carbocycles. The maximum Gasteiger partial charge on any atom is 0.261 e. The van der Waals surface area contributed by atoms with Gasteiger partial charge in [0.05, 0.1) is 10.6 Å². The van der Waals surface area contributed by atoms with Gasteiger partial charge in [-0.25, -0.2) is 8.42 Å². The number of thioether (sulfide) groups is 1. The molecule has 2 aromatic rings. The quantitative estimate of drug-likeness (QED) is 0.877. The SMILES string of the molecule is Cc1cc(C)cc(S(=O)(=O)Nc2cccc(C3NC(=O)CS3)c2)c1. The summed E-state index contributed by atoms with van der Waals surface area (Å²) in [5.74, 6) is 0.412. The van der Waals surface area contributed by atoms with Crippen LogP contribution in [0.3, 0.4) is 0 Å². The first-order chi connectivity index (χ1) is 11.3. The molecule has 0 bridgehead atoms. The predicted octanol–water partition coefficient (Wildman–Crippen LogP) is 2.97. The molecule has 5 nitrogen and oxygen atoms in total. The first kappa shape index (κ1) is 16.9. The van der Waals surface area contributed by atoms with Crippen LogP contribution >= 0.6 is 11.8 Å². The Kier molecular flexibility index (Phi) is 4.56. The Morgan fingerprint density at radius 2 is 1.83 bits per heavy atom. The van der Waals surface area contributed by atoms with E-state index in [9.17, 15) is 13.2 Å². The van der Waals surface area contributed by atoms with E-state index in [1.165, 1.54) is 11.8 Å². The van der Waals surface area contributed by atoms with Crippen LogP contribution in [-0.4, -0.2) is 20.1 Å². The maximum absolute atomic E-state index is 12.6. The van der Waals surface area contributed by atoms with Crippen LogP contribution in [-0.2, 0) is 14.8 Å². The summed E-state index contributed by atoms with van der Waals surface area (Å²) in [6.07, 6.45) is 0. The Morgan fingerprint density at radius 3 is 2.46 bits per heavy atom. The maximum atomic E-state index is 12.6. The highest BCUT2D eigenvalue weighted by molar-refractivity contribution is 8.00. The first-order valence-corrected chi connectivity index (χ1v) is 9.99. The second-order valence-corrected chi connectivity index (χ2v) is 8.59. The van der Waals surface area contributed by atoms with Gasteiger partial charge in [-0.1, -0.05) is 18.2 Å². The van der Waals surface area contributed by atoms with E-state index in [1.54, 1.807) is 30.3 Å². The minimum Gasteiger partial charge on any atom is -0.339 e. The fourth-order valence-electron chi connectivity index (χ4n) is 2.64. The summed E-state index contributed by atoms with van der Waals surface area (Å²) in [6.45, 7) is 3.74. The van der Waals surface area contributed by atoms with Gasteiger partial charge in [-0.3, -0.25) is 9.52 Å². The lowest BCUT2D eigenvalue weighted by Crippen LogP contribution is -2.19. The van der Waals surface area contributed by atoms with Crippen LogP contribution in [0.4, 0.5) is 5.69 Å². The van der Waals surface area contributed by atoms with Gasteiger partial charge in [0.2, 0.25) is 5.91 Å². The van der Waals surface area contributed by atoms with E-state index >= 15 is 0 Å². The standard InChI is InChI=1S/C17H18N2O3S2/c1-11-6-12(2)8-15(7-11)24(21,22)19-14-5-3-4-13(9-14)17-18-16(20)10-23-17/h3-9,17,19H,10H2,1-2H3,(H,18,20). The number of aryl methyl sites for hydroxylation is 2. The van der Waals surface area contributed by atoms with Crippen LogP contribution in [0.2, 0.25) is 0 Å². The molecule has 126 valence electrons. The molecule has 0 radical (unpaired) electrons. The monoisotopic (exact) mass is 362 g/mol.